The smallest absolute Gasteiger partial charge is 0.236 e. The molecular weight excluding hydrogens is 296 g/mol. The minimum atomic E-state index is -0.474. The Morgan fingerprint density at radius 1 is 1.05 bits per heavy atom. The SMILES string of the molecule is C[C@H](N)C(=O)NCC(Cc1ccccc1)c1ccccc1.Cl. The molecule has 0 aliphatic carbocycles. The number of hydrogen-bond donors (Lipinski definition) is 2. The Labute approximate surface area is 138 Å². The van der Waals surface area contributed by atoms with Crippen LogP contribution in [0, 0.1) is 0 Å². The minimum Gasteiger partial charge on any atom is -0.354 e. The summed E-state index contributed by atoms with van der Waals surface area (Å²) < 4.78 is 0. The van der Waals surface area contributed by atoms with Gasteiger partial charge in [-0.05, 0) is 24.5 Å². The van der Waals surface area contributed by atoms with Crippen molar-refractivity contribution in [2.75, 3.05) is 6.54 Å². The summed E-state index contributed by atoms with van der Waals surface area (Å²) in [4.78, 5) is 11.7. The van der Waals surface area contributed by atoms with Gasteiger partial charge in [-0.25, -0.2) is 0 Å². The Morgan fingerprint density at radius 3 is 2.14 bits per heavy atom. The first-order valence-electron chi connectivity index (χ1n) is 7.29. The third-order valence-corrected chi connectivity index (χ3v) is 3.53. The molecule has 0 saturated carbocycles. The molecule has 4 heteroatoms. The normalized spacial score (nSPS) is 12.8. The van der Waals surface area contributed by atoms with Gasteiger partial charge in [-0.15, -0.1) is 12.4 Å². The summed E-state index contributed by atoms with van der Waals surface area (Å²) in [6.45, 7) is 2.29. The second-order valence-electron chi connectivity index (χ2n) is 5.33. The molecule has 0 saturated heterocycles. The second kappa shape index (κ2) is 9.23. The number of rotatable bonds is 6. The monoisotopic (exact) mass is 318 g/mol. The fourth-order valence-electron chi connectivity index (χ4n) is 2.32. The van der Waals surface area contributed by atoms with Crippen molar-refractivity contribution in [3.8, 4) is 0 Å². The molecule has 2 aromatic carbocycles. The van der Waals surface area contributed by atoms with E-state index < -0.39 is 6.04 Å². The summed E-state index contributed by atoms with van der Waals surface area (Å²) in [6, 6.07) is 20.1. The van der Waals surface area contributed by atoms with Crippen molar-refractivity contribution in [2.24, 2.45) is 5.73 Å². The standard InChI is InChI=1S/C18H22N2O.ClH/c1-14(19)18(21)20-13-17(16-10-6-3-7-11-16)12-15-8-4-2-5-9-15;/h2-11,14,17H,12-13,19H2,1H3,(H,20,21);1H/t14-,17?;/m0./s1. The van der Waals surface area contributed by atoms with Crippen molar-refractivity contribution in [1.82, 2.24) is 5.32 Å². The van der Waals surface area contributed by atoms with E-state index in [1.807, 2.05) is 36.4 Å². The number of nitrogens with one attached hydrogen (secondary N) is 1. The van der Waals surface area contributed by atoms with Crippen molar-refractivity contribution < 1.29 is 4.79 Å². The first-order valence-corrected chi connectivity index (χ1v) is 7.29. The molecule has 2 rings (SSSR count). The van der Waals surface area contributed by atoms with Crippen LogP contribution in [0.5, 0.6) is 0 Å². The first kappa shape index (κ1) is 18.2. The van der Waals surface area contributed by atoms with Crippen LogP contribution in [0.2, 0.25) is 0 Å². The average molecular weight is 319 g/mol. The third-order valence-electron chi connectivity index (χ3n) is 3.53. The average Bonchev–Trinajstić information content (AvgIpc) is 2.52. The summed E-state index contributed by atoms with van der Waals surface area (Å²) in [5, 5.41) is 2.94. The molecule has 0 aliphatic rings. The van der Waals surface area contributed by atoms with Gasteiger partial charge in [0.05, 0.1) is 6.04 Å². The van der Waals surface area contributed by atoms with Crippen LogP contribution in [-0.4, -0.2) is 18.5 Å². The highest BCUT2D eigenvalue weighted by Gasteiger charge is 2.15. The molecule has 0 spiro atoms. The van der Waals surface area contributed by atoms with Crippen LogP contribution in [0.25, 0.3) is 0 Å². The molecule has 118 valence electrons. The van der Waals surface area contributed by atoms with Crippen molar-refractivity contribution in [3.63, 3.8) is 0 Å². The van der Waals surface area contributed by atoms with Crippen molar-refractivity contribution >= 4 is 18.3 Å². The van der Waals surface area contributed by atoms with Crippen LogP contribution in [0.3, 0.4) is 0 Å². The molecule has 3 N–H and O–H groups in total. The number of hydrogen-bond acceptors (Lipinski definition) is 2. The van der Waals surface area contributed by atoms with E-state index in [4.69, 9.17) is 5.73 Å². The lowest BCUT2D eigenvalue weighted by Gasteiger charge is -2.19. The predicted octanol–water partition coefficient (Wildman–Crippen LogP) is 2.90. The molecule has 0 fully saturated rings. The summed E-state index contributed by atoms with van der Waals surface area (Å²) in [6.07, 6.45) is 0.893. The number of amides is 1. The molecule has 22 heavy (non-hydrogen) atoms. The molecule has 3 nitrogen and oxygen atoms in total. The maximum absolute atomic E-state index is 11.7. The van der Waals surface area contributed by atoms with Gasteiger partial charge in [0.1, 0.15) is 0 Å². The highest BCUT2D eigenvalue weighted by Crippen LogP contribution is 2.20. The molecular formula is C18H23ClN2O. The van der Waals surface area contributed by atoms with Gasteiger partial charge in [0.25, 0.3) is 0 Å². The number of halogens is 1. The first-order chi connectivity index (χ1) is 10.2. The maximum atomic E-state index is 11.7. The van der Waals surface area contributed by atoms with E-state index in [0.717, 1.165) is 6.42 Å². The lowest BCUT2D eigenvalue weighted by Crippen LogP contribution is -2.40. The molecule has 2 aromatic rings. The van der Waals surface area contributed by atoms with Gasteiger partial charge in [-0.1, -0.05) is 60.7 Å². The summed E-state index contributed by atoms with van der Waals surface area (Å²) in [7, 11) is 0. The second-order valence-corrected chi connectivity index (χ2v) is 5.33. The van der Waals surface area contributed by atoms with Crippen LogP contribution >= 0.6 is 12.4 Å². The van der Waals surface area contributed by atoms with Gasteiger partial charge in [0.2, 0.25) is 5.91 Å². The van der Waals surface area contributed by atoms with E-state index in [2.05, 4.69) is 29.6 Å². The lowest BCUT2D eigenvalue weighted by molar-refractivity contribution is -0.122. The Hall–Kier alpha value is -1.84. The Bertz CT molecular complexity index is 558. The van der Waals surface area contributed by atoms with Crippen LogP contribution < -0.4 is 11.1 Å². The van der Waals surface area contributed by atoms with Crippen LogP contribution in [0.4, 0.5) is 0 Å². The van der Waals surface area contributed by atoms with Crippen LogP contribution in [-0.2, 0) is 11.2 Å². The zero-order valence-corrected chi connectivity index (χ0v) is 13.6. The van der Waals surface area contributed by atoms with Crippen LogP contribution in [0.1, 0.15) is 24.0 Å². The van der Waals surface area contributed by atoms with Crippen molar-refractivity contribution in [3.05, 3.63) is 71.8 Å². The largest absolute Gasteiger partial charge is 0.354 e. The summed E-state index contributed by atoms with van der Waals surface area (Å²) in [5.74, 6) is 0.139. The fourth-order valence-corrected chi connectivity index (χ4v) is 2.32. The third kappa shape index (κ3) is 5.51. The number of carbonyl (C=O) groups is 1. The van der Waals surface area contributed by atoms with Gasteiger partial charge >= 0.3 is 0 Å². The molecule has 0 bridgehead atoms. The molecule has 2 atom stereocenters. The molecule has 0 heterocycles. The van der Waals surface area contributed by atoms with Gasteiger partial charge in [-0.2, -0.15) is 0 Å². The molecule has 1 unspecified atom stereocenters. The lowest BCUT2D eigenvalue weighted by atomic mass is 9.92. The Morgan fingerprint density at radius 2 is 1.59 bits per heavy atom. The molecule has 1 amide bonds. The maximum Gasteiger partial charge on any atom is 0.236 e. The van der Waals surface area contributed by atoms with E-state index in [1.54, 1.807) is 6.92 Å². The van der Waals surface area contributed by atoms with E-state index in [-0.39, 0.29) is 24.2 Å². The van der Waals surface area contributed by atoms with E-state index in [0.29, 0.717) is 6.54 Å². The quantitative estimate of drug-likeness (QED) is 0.860. The molecule has 0 aliphatic heterocycles. The topological polar surface area (TPSA) is 55.1 Å². The van der Waals surface area contributed by atoms with E-state index >= 15 is 0 Å². The van der Waals surface area contributed by atoms with Crippen molar-refractivity contribution in [1.29, 1.82) is 0 Å². The van der Waals surface area contributed by atoms with Gasteiger partial charge in [0, 0.05) is 12.5 Å². The van der Waals surface area contributed by atoms with Crippen molar-refractivity contribution in [2.45, 2.75) is 25.3 Å². The highest BCUT2D eigenvalue weighted by molar-refractivity contribution is 5.85. The number of carbonyl (C=O) groups excluding carboxylic acids is 1. The molecule has 0 aromatic heterocycles. The van der Waals surface area contributed by atoms with E-state index in [1.165, 1.54) is 11.1 Å². The van der Waals surface area contributed by atoms with Crippen LogP contribution in [0.15, 0.2) is 60.7 Å². The molecule has 0 radical (unpaired) electrons. The number of nitrogens with two attached hydrogens (primary N) is 1. The van der Waals surface area contributed by atoms with E-state index in [9.17, 15) is 4.79 Å². The predicted molar refractivity (Wildman–Crippen MR) is 93.2 cm³/mol. The zero-order chi connectivity index (χ0) is 15.1. The summed E-state index contributed by atoms with van der Waals surface area (Å²) >= 11 is 0. The van der Waals surface area contributed by atoms with Gasteiger partial charge < -0.3 is 11.1 Å². The minimum absolute atomic E-state index is 0. The fraction of sp³-hybridized carbons (Fsp3) is 0.278. The van der Waals surface area contributed by atoms with Gasteiger partial charge in [-0.3, -0.25) is 4.79 Å². The summed E-state index contributed by atoms with van der Waals surface area (Å²) in [5.41, 5.74) is 8.09. The Balaban J connectivity index is 0.00000242. The van der Waals surface area contributed by atoms with Gasteiger partial charge in [0.15, 0.2) is 0 Å². The highest BCUT2D eigenvalue weighted by atomic mass is 35.5. The zero-order valence-electron chi connectivity index (χ0n) is 12.7. The Kier molecular flexibility index (Phi) is 7.64. The number of benzene rings is 2.